The Morgan fingerprint density at radius 3 is 1.40 bits per heavy atom. The zero-order chi connectivity index (χ0) is 15.8. The minimum Gasteiger partial charge on any atom is -0.227 e. The van der Waals surface area contributed by atoms with Crippen LogP contribution in [0, 0.1) is 0 Å². The summed E-state index contributed by atoms with van der Waals surface area (Å²) >= 11 is 0. The van der Waals surface area contributed by atoms with Crippen LogP contribution in [0.15, 0.2) is 18.1 Å². The van der Waals surface area contributed by atoms with Crippen LogP contribution in [-0.4, -0.2) is 17.8 Å². The SMILES string of the molecule is CCN(CC)P1(F)=NP(F)(F)=NP(F)(F)=NP(F)(F)=N1. The van der Waals surface area contributed by atoms with Crippen molar-refractivity contribution in [3.63, 3.8) is 0 Å². The van der Waals surface area contributed by atoms with E-state index in [1.54, 1.807) is 9.03 Å². The first-order valence-corrected chi connectivity index (χ1v) is 11.0. The van der Waals surface area contributed by atoms with Gasteiger partial charge in [0.15, 0.2) is 0 Å². The molecule has 1 atom stereocenters. The van der Waals surface area contributed by atoms with Gasteiger partial charge in [0.05, 0.1) is 0 Å². The van der Waals surface area contributed by atoms with Gasteiger partial charge in [0.2, 0.25) is 0 Å². The van der Waals surface area contributed by atoms with Crippen LogP contribution in [0.1, 0.15) is 13.8 Å². The van der Waals surface area contributed by atoms with Crippen LogP contribution in [0.3, 0.4) is 0 Å². The molecule has 0 bridgehead atoms. The molecule has 0 aromatic heterocycles. The molecule has 1 aliphatic heterocycles. The quantitative estimate of drug-likeness (QED) is 0.360. The summed E-state index contributed by atoms with van der Waals surface area (Å²) in [5, 5.41) is 0. The summed E-state index contributed by atoms with van der Waals surface area (Å²) in [6.07, 6.45) is 0. The van der Waals surface area contributed by atoms with E-state index in [1.807, 2.05) is 0 Å². The second kappa shape index (κ2) is 5.88. The summed E-state index contributed by atoms with van der Waals surface area (Å²) in [4.78, 5) is 0. The molecule has 1 unspecified atom stereocenters. The van der Waals surface area contributed by atoms with E-state index in [1.165, 1.54) is 13.8 Å². The van der Waals surface area contributed by atoms with Crippen molar-refractivity contribution in [2.75, 3.05) is 13.1 Å². The summed E-state index contributed by atoms with van der Waals surface area (Å²) in [7, 11) is -23.6. The Morgan fingerprint density at radius 2 is 1.00 bits per heavy atom. The molecule has 0 amide bonds. The van der Waals surface area contributed by atoms with Crippen LogP contribution < -0.4 is 0 Å². The van der Waals surface area contributed by atoms with Crippen LogP contribution >= 0.6 is 31.1 Å². The highest BCUT2D eigenvalue weighted by Gasteiger charge is 2.41. The number of rotatable bonds is 3. The number of nitrogens with zero attached hydrogens (tertiary/aromatic N) is 5. The number of hydrogen-bond donors (Lipinski definition) is 0. The molecule has 0 saturated carbocycles. The standard InChI is InChI=1S/C4H10F7N5P4/c1-3-16(4-2)20(11)14-18(7,8)12-17(5,6)13-19(9,10)15-20/h3-4H2,1-2H3. The Bertz CT molecular complexity index is 590. The van der Waals surface area contributed by atoms with Crippen molar-refractivity contribution in [1.29, 1.82) is 0 Å². The van der Waals surface area contributed by atoms with Gasteiger partial charge in [0.1, 0.15) is 0 Å². The van der Waals surface area contributed by atoms with E-state index in [-0.39, 0.29) is 13.1 Å². The summed E-state index contributed by atoms with van der Waals surface area (Å²) in [5.74, 6) is 0. The zero-order valence-electron chi connectivity index (χ0n) is 10.1. The molecule has 0 aromatic carbocycles. The smallest absolute Gasteiger partial charge is 0.227 e. The predicted octanol–water partition coefficient (Wildman–Crippen LogP) is 7.91. The van der Waals surface area contributed by atoms with E-state index in [0.717, 1.165) is 0 Å². The fourth-order valence-electron chi connectivity index (χ4n) is 1.30. The molecule has 0 aliphatic carbocycles. The molecule has 1 rings (SSSR count). The Morgan fingerprint density at radius 1 is 0.650 bits per heavy atom. The number of halogens is 7. The van der Waals surface area contributed by atoms with E-state index in [4.69, 9.17) is 0 Å². The third-order valence-electron chi connectivity index (χ3n) is 1.96. The molecule has 0 aromatic rings. The lowest BCUT2D eigenvalue weighted by Crippen LogP contribution is -2.16. The van der Waals surface area contributed by atoms with E-state index in [2.05, 4.69) is 9.03 Å². The summed E-state index contributed by atoms with van der Waals surface area (Å²) in [5.41, 5.74) is 0. The molecule has 1 heterocycles. The van der Waals surface area contributed by atoms with E-state index in [0.29, 0.717) is 4.67 Å². The molecule has 0 radical (unpaired) electrons. The predicted molar refractivity (Wildman–Crippen MR) is 68.1 cm³/mol. The van der Waals surface area contributed by atoms with Crippen LogP contribution in [-0.2, 0) is 0 Å². The highest BCUT2D eigenvalue weighted by Crippen LogP contribution is 2.82. The molecule has 0 fully saturated rings. The third-order valence-corrected chi connectivity index (χ3v) is 10.2. The van der Waals surface area contributed by atoms with E-state index < -0.39 is 31.1 Å². The molecule has 0 spiro atoms. The Balaban J connectivity index is 3.72. The van der Waals surface area contributed by atoms with Gasteiger partial charge in [0, 0.05) is 13.1 Å². The van der Waals surface area contributed by atoms with Crippen molar-refractivity contribution in [1.82, 2.24) is 4.67 Å². The van der Waals surface area contributed by atoms with Crippen molar-refractivity contribution in [3.8, 4) is 0 Å². The van der Waals surface area contributed by atoms with Crippen molar-refractivity contribution >= 4 is 31.1 Å². The first-order chi connectivity index (χ1) is 8.85. The zero-order valence-corrected chi connectivity index (χ0v) is 13.7. The van der Waals surface area contributed by atoms with Gasteiger partial charge < -0.3 is 0 Å². The first-order valence-electron chi connectivity index (χ1n) is 5.03. The topological polar surface area (TPSA) is 52.7 Å². The average molecular weight is 385 g/mol. The fourth-order valence-corrected chi connectivity index (χ4v) is 9.05. The van der Waals surface area contributed by atoms with Gasteiger partial charge in [-0.15, -0.1) is 43.2 Å². The van der Waals surface area contributed by atoms with E-state index >= 15 is 0 Å². The van der Waals surface area contributed by atoms with Crippen LogP contribution in [0.5, 0.6) is 0 Å². The molecule has 0 saturated heterocycles. The maximum Gasteiger partial charge on any atom is 0.425 e. The average Bonchev–Trinajstić information content (AvgIpc) is 2.09. The molecular weight excluding hydrogens is 375 g/mol. The van der Waals surface area contributed by atoms with Gasteiger partial charge in [-0.25, -0.2) is 4.67 Å². The van der Waals surface area contributed by atoms with Gasteiger partial charge in [-0.2, -0.15) is 4.20 Å². The van der Waals surface area contributed by atoms with Crippen molar-refractivity contribution in [3.05, 3.63) is 0 Å². The lowest BCUT2D eigenvalue weighted by atomic mass is 10.7. The normalized spacial score (nSPS) is 31.1. The van der Waals surface area contributed by atoms with Crippen molar-refractivity contribution < 1.29 is 29.4 Å². The lowest BCUT2D eigenvalue weighted by Gasteiger charge is -2.25. The van der Waals surface area contributed by atoms with Crippen molar-refractivity contribution in [2.45, 2.75) is 13.8 Å². The Kier molecular flexibility index (Phi) is 5.42. The lowest BCUT2D eigenvalue weighted by molar-refractivity contribution is 0.473. The van der Waals surface area contributed by atoms with E-state index in [9.17, 15) is 29.4 Å². The second-order valence-corrected chi connectivity index (χ2v) is 10.5. The fraction of sp³-hybridized carbons (Fsp3) is 1.00. The Hall–Kier alpha value is 0.390. The largest absolute Gasteiger partial charge is 0.425 e. The molecule has 0 N–H and O–H groups in total. The van der Waals surface area contributed by atoms with Gasteiger partial charge in [-0.05, 0) is 0 Å². The summed E-state index contributed by atoms with van der Waals surface area (Å²) in [6.45, 7) is 2.16. The molecular formula is C4H10F7N5P4. The van der Waals surface area contributed by atoms with Crippen molar-refractivity contribution in [2.24, 2.45) is 18.1 Å². The Labute approximate surface area is 111 Å². The minimum atomic E-state index is -6.26. The van der Waals surface area contributed by atoms with Gasteiger partial charge in [-0.3, -0.25) is 0 Å². The molecule has 16 heteroatoms. The van der Waals surface area contributed by atoms with Gasteiger partial charge in [-0.1, -0.05) is 13.8 Å². The highest BCUT2D eigenvalue weighted by molar-refractivity contribution is 7.78. The van der Waals surface area contributed by atoms with Crippen LogP contribution in [0.2, 0.25) is 0 Å². The summed E-state index contributed by atoms with van der Waals surface area (Å²) < 4.78 is 102. The molecule has 5 nitrogen and oxygen atoms in total. The molecule has 120 valence electrons. The highest BCUT2D eigenvalue weighted by atomic mass is 31.3. The molecule has 1 aliphatic rings. The van der Waals surface area contributed by atoms with Crippen LogP contribution in [0.4, 0.5) is 29.4 Å². The maximum absolute atomic E-state index is 14.4. The van der Waals surface area contributed by atoms with Gasteiger partial charge >= 0.3 is 31.1 Å². The van der Waals surface area contributed by atoms with Crippen LogP contribution in [0.25, 0.3) is 0 Å². The third kappa shape index (κ3) is 4.70. The monoisotopic (exact) mass is 385 g/mol. The summed E-state index contributed by atoms with van der Waals surface area (Å²) in [6, 6.07) is 0. The second-order valence-electron chi connectivity index (χ2n) is 3.36. The minimum absolute atomic E-state index is 0.237. The maximum atomic E-state index is 14.4. The van der Waals surface area contributed by atoms with Gasteiger partial charge in [0.25, 0.3) is 0 Å². The number of hydrogen-bond acceptors (Lipinski definition) is 5. The molecule has 20 heavy (non-hydrogen) atoms. The first kappa shape index (κ1) is 18.4.